The van der Waals surface area contributed by atoms with E-state index in [0.29, 0.717) is 32.6 Å². The quantitative estimate of drug-likeness (QED) is 0.850. The molecule has 3 rings (SSSR count). The Morgan fingerprint density at radius 2 is 1.87 bits per heavy atom. The average molecular weight is 316 g/mol. The van der Waals surface area contributed by atoms with Gasteiger partial charge >= 0.3 is 0 Å². The van der Waals surface area contributed by atoms with Crippen LogP contribution >= 0.6 is 0 Å². The highest BCUT2D eigenvalue weighted by Gasteiger charge is 2.40. The van der Waals surface area contributed by atoms with Crippen molar-refractivity contribution >= 4 is 11.8 Å². The zero-order valence-corrected chi connectivity index (χ0v) is 14.0. The summed E-state index contributed by atoms with van der Waals surface area (Å²) in [6, 6.07) is 6.09. The van der Waals surface area contributed by atoms with Crippen LogP contribution in [0.5, 0.6) is 5.75 Å². The molecule has 0 radical (unpaired) electrons. The number of nitrogens with zero attached hydrogens (tertiary/aromatic N) is 2. The van der Waals surface area contributed by atoms with Gasteiger partial charge in [-0.15, -0.1) is 0 Å². The number of hydrogen-bond acceptors (Lipinski definition) is 3. The molecular weight excluding hydrogens is 292 g/mol. The molecule has 0 saturated carbocycles. The molecule has 0 aromatic heterocycles. The number of carbonyl (C=O) groups excluding carboxylic acids is 2. The minimum Gasteiger partial charge on any atom is -0.486 e. The Labute approximate surface area is 137 Å². The van der Waals surface area contributed by atoms with Crippen LogP contribution in [0.1, 0.15) is 24.5 Å². The summed E-state index contributed by atoms with van der Waals surface area (Å²) in [5.41, 5.74) is 2.24. The molecule has 0 aliphatic carbocycles. The summed E-state index contributed by atoms with van der Waals surface area (Å²) in [5, 5.41) is 0. The first-order valence-electron chi connectivity index (χ1n) is 8.29. The molecule has 2 heterocycles. The number of hydrogen-bond donors (Lipinski definition) is 0. The highest BCUT2D eigenvalue weighted by molar-refractivity contribution is 5.89. The zero-order chi connectivity index (χ0) is 16.6. The van der Waals surface area contributed by atoms with Gasteiger partial charge in [0.15, 0.2) is 0 Å². The summed E-state index contributed by atoms with van der Waals surface area (Å²) >= 11 is 0. The van der Waals surface area contributed by atoms with Gasteiger partial charge in [0.1, 0.15) is 11.9 Å². The summed E-state index contributed by atoms with van der Waals surface area (Å²) in [6.07, 6.45) is 0.407. The van der Waals surface area contributed by atoms with Gasteiger partial charge < -0.3 is 14.5 Å². The second-order valence-electron chi connectivity index (χ2n) is 6.54. The van der Waals surface area contributed by atoms with Gasteiger partial charge in [0.25, 0.3) is 0 Å². The lowest BCUT2D eigenvalue weighted by atomic mass is 10.0. The van der Waals surface area contributed by atoms with E-state index in [-0.39, 0.29) is 23.8 Å². The van der Waals surface area contributed by atoms with Gasteiger partial charge in [0.2, 0.25) is 11.8 Å². The minimum atomic E-state index is -0.177. The van der Waals surface area contributed by atoms with Crippen molar-refractivity contribution in [2.45, 2.75) is 33.3 Å². The molecule has 2 fully saturated rings. The number of carbonyl (C=O) groups is 2. The molecule has 23 heavy (non-hydrogen) atoms. The molecule has 5 heteroatoms. The maximum absolute atomic E-state index is 12.5. The van der Waals surface area contributed by atoms with E-state index in [9.17, 15) is 9.59 Å². The van der Waals surface area contributed by atoms with Crippen LogP contribution in [0.25, 0.3) is 0 Å². The summed E-state index contributed by atoms with van der Waals surface area (Å²) in [5.74, 6) is 0.937. The molecule has 2 aliphatic heterocycles. The predicted molar refractivity (Wildman–Crippen MR) is 87.3 cm³/mol. The lowest BCUT2D eigenvalue weighted by molar-refractivity contribution is -0.144. The smallest absolute Gasteiger partial charge is 0.228 e. The van der Waals surface area contributed by atoms with Gasteiger partial charge in [-0.3, -0.25) is 9.59 Å². The van der Waals surface area contributed by atoms with Crippen LogP contribution in [0.2, 0.25) is 0 Å². The van der Waals surface area contributed by atoms with E-state index >= 15 is 0 Å². The fourth-order valence-corrected chi connectivity index (χ4v) is 3.35. The third-order valence-electron chi connectivity index (χ3n) is 4.80. The second kappa shape index (κ2) is 6.22. The topological polar surface area (TPSA) is 49.9 Å². The molecule has 0 spiro atoms. The van der Waals surface area contributed by atoms with Crippen molar-refractivity contribution in [1.29, 1.82) is 0 Å². The van der Waals surface area contributed by atoms with Crippen molar-refractivity contribution in [2.24, 2.45) is 5.92 Å². The molecule has 2 aliphatic rings. The first kappa shape index (κ1) is 15.8. The SMILES string of the molecule is CCN1C[C@@H](C(=O)N2CC(Oc3c(C)cccc3C)C2)CC1=O. The van der Waals surface area contributed by atoms with Gasteiger partial charge in [0, 0.05) is 19.5 Å². The lowest BCUT2D eigenvalue weighted by Crippen LogP contribution is -2.57. The van der Waals surface area contributed by atoms with E-state index in [0.717, 1.165) is 16.9 Å². The maximum atomic E-state index is 12.5. The molecule has 0 unspecified atom stereocenters. The number of rotatable bonds is 4. The fraction of sp³-hybridized carbons (Fsp3) is 0.556. The molecule has 124 valence electrons. The molecular formula is C18H24N2O3. The molecule has 0 N–H and O–H groups in total. The van der Waals surface area contributed by atoms with Crippen LogP contribution in [0.4, 0.5) is 0 Å². The summed E-state index contributed by atoms with van der Waals surface area (Å²) < 4.78 is 6.05. The van der Waals surface area contributed by atoms with Crippen LogP contribution in [0.15, 0.2) is 18.2 Å². The summed E-state index contributed by atoms with van der Waals surface area (Å²) in [7, 11) is 0. The van der Waals surface area contributed by atoms with Gasteiger partial charge in [-0.25, -0.2) is 0 Å². The normalized spacial score (nSPS) is 21.5. The molecule has 2 amide bonds. The highest BCUT2D eigenvalue weighted by atomic mass is 16.5. The van der Waals surface area contributed by atoms with Crippen molar-refractivity contribution < 1.29 is 14.3 Å². The Hall–Kier alpha value is -2.04. The van der Waals surface area contributed by atoms with E-state index in [1.807, 2.05) is 43.9 Å². The van der Waals surface area contributed by atoms with Gasteiger partial charge in [-0.2, -0.15) is 0 Å². The first-order valence-corrected chi connectivity index (χ1v) is 8.29. The third-order valence-corrected chi connectivity index (χ3v) is 4.80. The van der Waals surface area contributed by atoms with E-state index in [2.05, 4.69) is 0 Å². The zero-order valence-electron chi connectivity index (χ0n) is 14.0. The van der Waals surface area contributed by atoms with Crippen molar-refractivity contribution in [3.8, 4) is 5.75 Å². The Bertz CT molecular complexity index is 602. The molecule has 1 aromatic rings. The predicted octanol–water partition coefficient (Wildman–Crippen LogP) is 1.76. The highest BCUT2D eigenvalue weighted by Crippen LogP contribution is 2.28. The van der Waals surface area contributed by atoms with Crippen molar-refractivity contribution in [2.75, 3.05) is 26.2 Å². The van der Waals surface area contributed by atoms with Crippen molar-refractivity contribution in [3.05, 3.63) is 29.3 Å². The van der Waals surface area contributed by atoms with E-state index in [4.69, 9.17) is 4.74 Å². The monoisotopic (exact) mass is 316 g/mol. The lowest BCUT2D eigenvalue weighted by Gasteiger charge is -2.40. The molecule has 1 atom stereocenters. The van der Waals surface area contributed by atoms with E-state index in [1.54, 1.807) is 4.90 Å². The number of para-hydroxylation sites is 1. The molecule has 1 aromatic carbocycles. The van der Waals surface area contributed by atoms with Crippen LogP contribution in [0.3, 0.4) is 0 Å². The Morgan fingerprint density at radius 3 is 2.43 bits per heavy atom. The second-order valence-corrected chi connectivity index (χ2v) is 6.54. The van der Waals surface area contributed by atoms with Gasteiger partial charge in [-0.05, 0) is 31.9 Å². The maximum Gasteiger partial charge on any atom is 0.228 e. The van der Waals surface area contributed by atoms with E-state index < -0.39 is 0 Å². The number of amides is 2. The van der Waals surface area contributed by atoms with Crippen LogP contribution in [0, 0.1) is 19.8 Å². The van der Waals surface area contributed by atoms with Crippen molar-refractivity contribution in [3.63, 3.8) is 0 Å². The standard InChI is InChI=1S/C18H24N2O3/c1-4-19-9-14(8-16(19)21)18(22)20-10-15(11-20)23-17-12(2)6-5-7-13(17)3/h5-7,14-15H,4,8-11H2,1-3H3/t14-/m0/s1. The van der Waals surface area contributed by atoms with Crippen LogP contribution in [-0.4, -0.2) is 53.9 Å². The number of aryl methyl sites for hydroxylation is 2. The van der Waals surface area contributed by atoms with Crippen LogP contribution in [-0.2, 0) is 9.59 Å². The Kier molecular flexibility index (Phi) is 4.28. The summed E-state index contributed by atoms with van der Waals surface area (Å²) in [4.78, 5) is 27.8. The third kappa shape index (κ3) is 3.05. The van der Waals surface area contributed by atoms with Gasteiger partial charge in [0.05, 0.1) is 19.0 Å². The Morgan fingerprint density at radius 1 is 1.22 bits per heavy atom. The Balaban J connectivity index is 1.53. The fourth-order valence-electron chi connectivity index (χ4n) is 3.35. The first-order chi connectivity index (χ1) is 11.0. The van der Waals surface area contributed by atoms with Crippen LogP contribution < -0.4 is 4.74 Å². The molecule has 5 nitrogen and oxygen atoms in total. The van der Waals surface area contributed by atoms with Gasteiger partial charge in [-0.1, -0.05) is 18.2 Å². The number of benzene rings is 1. The molecule has 0 bridgehead atoms. The number of likely N-dealkylation sites (tertiary alicyclic amines) is 2. The number of ether oxygens (including phenoxy) is 1. The largest absolute Gasteiger partial charge is 0.486 e. The molecule has 2 saturated heterocycles. The minimum absolute atomic E-state index is 0.0538. The average Bonchev–Trinajstić information content (AvgIpc) is 2.85. The summed E-state index contributed by atoms with van der Waals surface area (Å²) in [6.45, 7) is 8.49. The van der Waals surface area contributed by atoms with Crippen molar-refractivity contribution in [1.82, 2.24) is 9.80 Å². The van der Waals surface area contributed by atoms with E-state index in [1.165, 1.54) is 0 Å².